The Labute approximate surface area is 191 Å². The van der Waals surface area contributed by atoms with Gasteiger partial charge in [0, 0.05) is 15.6 Å². The first kappa shape index (κ1) is 21.3. The third-order valence-corrected chi connectivity index (χ3v) is 6.42. The number of carbonyl (C=O) groups excluding carboxylic acids is 2. The van der Waals surface area contributed by atoms with Crippen LogP contribution in [0.25, 0.3) is 5.57 Å². The van der Waals surface area contributed by atoms with Crippen molar-refractivity contribution in [2.75, 3.05) is 10.2 Å². The summed E-state index contributed by atoms with van der Waals surface area (Å²) in [6.07, 6.45) is 0. The minimum Gasteiger partial charge on any atom is -0.350 e. The van der Waals surface area contributed by atoms with Crippen LogP contribution in [0, 0.1) is 6.92 Å². The molecule has 0 fully saturated rings. The Kier molecular flexibility index (Phi) is 5.50. The monoisotopic (exact) mass is 450 g/mol. The molecule has 0 saturated heterocycles. The van der Waals surface area contributed by atoms with E-state index in [-0.39, 0.29) is 22.9 Å². The zero-order valence-electron chi connectivity index (χ0n) is 17.8. The molecular weight excluding hydrogens is 428 g/mol. The van der Waals surface area contributed by atoms with E-state index in [9.17, 15) is 9.59 Å². The van der Waals surface area contributed by atoms with Gasteiger partial charge in [-0.25, -0.2) is 4.90 Å². The highest BCUT2D eigenvalue weighted by Crippen LogP contribution is 2.37. The fourth-order valence-corrected chi connectivity index (χ4v) is 4.44. The van der Waals surface area contributed by atoms with Crippen molar-refractivity contribution in [3.05, 3.63) is 86.7 Å². The summed E-state index contributed by atoms with van der Waals surface area (Å²) in [5.74, 6) is -0.713. The summed E-state index contributed by atoms with van der Waals surface area (Å²) >= 11 is 7.59. The fourth-order valence-electron chi connectivity index (χ4n) is 3.50. The van der Waals surface area contributed by atoms with Crippen molar-refractivity contribution in [2.45, 2.75) is 33.1 Å². The summed E-state index contributed by atoms with van der Waals surface area (Å²) < 4.78 is 0. The van der Waals surface area contributed by atoms with E-state index in [4.69, 9.17) is 11.6 Å². The van der Waals surface area contributed by atoms with Crippen molar-refractivity contribution in [2.24, 2.45) is 0 Å². The van der Waals surface area contributed by atoms with E-state index in [1.165, 1.54) is 16.2 Å². The highest BCUT2D eigenvalue weighted by atomic mass is 35.5. The fraction of sp³-hybridized carbons (Fsp3) is 0.200. The third kappa shape index (κ3) is 4.03. The van der Waals surface area contributed by atoms with E-state index in [2.05, 4.69) is 26.1 Å². The smallest absolute Gasteiger partial charge is 0.282 e. The first-order valence-corrected chi connectivity index (χ1v) is 11.2. The van der Waals surface area contributed by atoms with Crippen LogP contribution in [0.3, 0.4) is 0 Å². The predicted octanol–water partition coefficient (Wildman–Crippen LogP) is 6.40. The van der Waals surface area contributed by atoms with Gasteiger partial charge in [0.25, 0.3) is 11.8 Å². The molecule has 3 aromatic rings. The van der Waals surface area contributed by atoms with E-state index in [1.807, 2.05) is 54.8 Å². The lowest BCUT2D eigenvalue weighted by Crippen LogP contribution is -2.32. The van der Waals surface area contributed by atoms with Gasteiger partial charge in [0.15, 0.2) is 0 Å². The molecule has 0 spiro atoms. The molecule has 0 radical (unpaired) electrons. The Hall–Kier alpha value is -2.89. The number of halogens is 1. The number of carbonyl (C=O) groups is 2. The maximum Gasteiger partial charge on any atom is 0.282 e. The first-order chi connectivity index (χ1) is 14.7. The number of nitrogens with one attached hydrogen (secondary N) is 1. The summed E-state index contributed by atoms with van der Waals surface area (Å²) in [5.41, 5.74) is 3.93. The SMILES string of the molecule is Cc1ccc(Cl)cc1NC1=C(c2cccs2)C(=O)N(c2ccc(C(C)(C)C)cc2)C1=O. The van der Waals surface area contributed by atoms with Gasteiger partial charge in [-0.05, 0) is 59.2 Å². The molecule has 4 nitrogen and oxygen atoms in total. The van der Waals surface area contributed by atoms with Gasteiger partial charge in [-0.3, -0.25) is 9.59 Å². The second-order valence-corrected chi connectivity index (χ2v) is 9.94. The number of hydrogen-bond donors (Lipinski definition) is 1. The minimum atomic E-state index is -0.378. The van der Waals surface area contributed by atoms with Crippen molar-refractivity contribution in [1.29, 1.82) is 0 Å². The van der Waals surface area contributed by atoms with E-state index in [0.29, 0.717) is 22.0 Å². The van der Waals surface area contributed by atoms with Gasteiger partial charge >= 0.3 is 0 Å². The van der Waals surface area contributed by atoms with E-state index in [1.54, 1.807) is 12.1 Å². The van der Waals surface area contributed by atoms with Crippen molar-refractivity contribution in [1.82, 2.24) is 0 Å². The van der Waals surface area contributed by atoms with Crippen LogP contribution in [0.4, 0.5) is 11.4 Å². The molecule has 0 bridgehead atoms. The molecule has 6 heteroatoms. The molecule has 0 unspecified atom stereocenters. The summed E-state index contributed by atoms with van der Waals surface area (Å²) in [6, 6.07) is 16.7. The van der Waals surface area contributed by atoms with E-state index < -0.39 is 0 Å². The second kappa shape index (κ2) is 7.98. The highest BCUT2D eigenvalue weighted by molar-refractivity contribution is 7.11. The Morgan fingerprint density at radius 3 is 2.29 bits per heavy atom. The van der Waals surface area contributed by atoms with Crippen LogP contribution < -0.4 is 10.2 Å². The van der Waals surface area contributed by atoms with Gasteiger partial charge < -0.3 is 5.32 Å². The molecule has 31 heavy (non-hydrogen) atoms. The molecule has 1 aromatic heterocycles. The van der Waals surface area contributed by atoms with Crippen LogP contribution in [0.2, 0.25) is 5.02 Å². The van der Waals surface area contributed by atoms with Crippen LogP contribution in [0.5, 0.6) is 0 Å². The van der Waals surface area contributed by atoms with Gasteiger partial charge in [0.2, 0.25) is 0 Å². The number of thiophene rings is 1. The minimum absolute atomic E-state index is 0.0191. The number of rotatable bonds is 4. The number of anilines is 2. The summed E-state index contributed by atoms with van der Waals surface area (Å²) in [7, 11) is 0. The van der Waals surface area contributed by atoms with Crippen molar-refractivity contribution in [3.63, 3.8) is 0 Å². The first-order valence-electron chi connectivity index (χ1n) is 9.97. The average Bonchev–Trinajstić information content (AvgIpc) is 3.31. The zero-order chi connectivity index (χ0) is 22.3. The Morgan fingerprint density at radius 2 is 1.68 bits per heavy atom. The van der Waals surface area contributed by atoms with Crippen LogP contribution in [-0.2, 0) is 15.0 Å². The largest absolute Gasteiger partial charge is 0.350 e. The lowest BCUT2D eigenvalue weighted by molar-refractivity contribution is -0.120. The van der Waals surface area contributed by atoms with E-state index >= 15 is 0 Å². The van der Waals surface area contributed by atoms with Crippen LogP contribution in [-0.4, -0.2) is 11.8 Å². The van der Waals surface area contributed by atoms with Gasteiger partial charge in [-0.2, -0.15) is 0 Å². The quantitative estimate of drug-likeness (QED) is 0.467. The normalized spacial score (nSPS) is 14.5. The summed E-state index contributed by atoms with van der Waals surface area (Å²) in [5, 5.41) is 5.64. The van der Waals surface area contributed by atoms with Gasteiger partial charge in [-0.1, -0.05) is 56.6 Å². The Balaban J connectivity index is 1.77. The molecule has 1 N–H and O–H groups in total. The molecule has 1 aliphatic heterocycles. The molecule has 2 aromatic carbocycles. The average molecular weight is 451 g/mol. The zero-order valence-corrected chi connectivity index (χ0v) is 19.4. The maximum atomic E-state index is 13.5. The lowest BCUT2D eigenvalue weighted by Gasteiger charge is -2.21. The molecule has 2 amide bonds. The maximum absolute atomic E-state index is 13.5. The molecule has 2 heterocycles. The molecule has 158 valence electrons. The van der Waals surface area contributed by atoms with Gasteiger partial charge in [0.1, 0.15) is 5.70 Å². The van der Waals surface area contributed by atoms with Crippen molar-refractivity contribution < 1.29 is 9.59 Å². The van der Waals surface area contributed by atoms with Gasteiger partial charge in [-0.15, -0.1) is 11.3 Å². The molecule has 1 aliphatic rings. The number of imide groups is 1. The van der Waals surface area contributed by atoms with E-state index in [0.717, 1.165) is 16.0 Å². The van der Waals surface area contributed by atoms with Crippen LogP contribution >= 0.6 is 22.9 Å². The highest BCUT2D eigenvalue weighted by Gasteiger charge is 2.40. The van der Waals surface area contributed by atoms with Crippen molar-refractivity contribution >= 4 is 51.7 Å². The standard InChI is InChI=1S/C25H23ClN2O2S/c1-15-7-10-17(26)14-19(15)27-22-21(20-6-5-13-31-20)23(29)28(24(22)30)18-11-8-16(9-12-18)25(2,3)4/h5-14,27H,1-4H3. The number of benzene rings is 2. The Bertz CT molecular complexity index is 1190. The number of nitrogens with zero attached hydrogens (tertiary/aromatic N) is 1. The third-order valence-electron chi connectivity index (χ3n) is 5.30. The van der Waals surface area contributed by atoms with Gasteiger partial charge in [0.05, 0.1) is 11.3 Å². The number of amides is 2. The predicted molar refractivity (Wildman–Crippen MR) is 129 cm³/mol. The van der Waals surface area contributed by atoms with Crippen LogP contribution in [0.1, 0.15) is 36.8 Å². The molecular formula is C25H23ClN2O2S. The molecule has 0 aliphatic carbocycles. The Morgan fingerprint density at radius 1 is 0.968 bits per heavy atom. The number of hydrogen-bond acceptors (Lipinski definition) is 4. The number of aryl methyl sites for hydroxylation is 1. The molecule has 0 saturated carbocycles. The topological polar surface area (TPSA) is 49.4 Å². The second-order valence-electron chi connectivity index (χ2n) is 8.55. The summed E-state index contributed by atoms with van der Waals surface area (Å²) in [4.78, 5) is 28.9. The van der Waals surface area contributed by atoms with Crippen LogP contribution in [0.15, 0.2) is 65.7 Å². The lowest BCUT2D eigenvalue weighted by atomic mass is 9.87. The molecule has 4 rings (SSSR count). The summed E-state index contributed by atoms with van der Waals surface area (Å²) in [6.45, 7) is 8.30. The molecule has 0 atom stereocenters. The van der Waals surface area contributed by atoms with Crippen molar-refractivity contribution in [3.8, 4) is 0 Å².